The maximum absolute atomic E-state index is 13.1. The number of aliphatic hydroxyl groups is 1. The molecule has 1 atom stereocenters. The van der Waals surface area contributed by atoms with Gasteiger partial charge in [-0.25, -0.2) is 0 Å². The summed E-state index contributed by atoms with van der Waals surface area (Å²) < 4.78 is 130. The van der Waals surface area contributed by atoms with Crippen LogP contribution in [-0.2, 0) is 4.74 Å². The molecule has 0 bridgehead atoms. The van der Waals surface area contributed by atoms with Gasteiger partial charge < -0.3 is 19.3 Å². The summed E-state index contributed by atoms with van der Waals surface area (Å²) in [6.07, 6.45) is -15.7. The minimum atomic E-state index is -5.89. The molecule has 0 aromatic heterocycles. The maximum atomic E-state index is 13.1. The number of alkyl halides is 9. The average molecular weight is 456 g/mol. The molecule has 1 rings (SSSR count). The average Bonchev–Trinajstić information content (AvgIpc) is 2.57. The molecule has 0 unspecified atom stereocenters. The number of methoxy groups -OCH3 is 1. The lowest BCUT2D eigenvalue weighted by Crippen LogP contribution is -2.61. The molecule has 0 aliphatic carbocycles. The van der Waals surface area contributed by atoms with Crippen LogP contribution in [0, 0.1) is 0 Å². The molecule has 172 valence electrons. The van der Waals surface area contributed by atoms with Crippen molar-refractivity contribution in [1.29, 1.82) is 0 Å². The highest BCUT2D eigenvalue weighted by molar-refractivity contribution is 5.53. The van der Waals surface area contributed by atoms with Gasteiger partial charge in [-0.2, -0.15) is 39.5 Å². The molecule has 0 saturated carbocycles. The van der Waals surface area contributed by atoms with Gasteiger partial charge >= 0.3 is 18.5 Å². The van der Waals surface area contributed by atoms with E-state index in [9.17, 15) is 44.6 Å². The van der Waals surface area contributed by atoms with Crippen molar-refractivity contribution in [3.05, 3.63) is 30.3 Å². The van der Waals surface area contributed by atoms with Crippen molar-refractivity contribution < 1.29 is 58.8 Å². The van der Waals surface area contributed by atoms with E-state index in [-0.39, 0.29) is 12.7 Å². The molecule has 30 heavy (non-hydrogen) atoms. The molecule has 0 radical (unpaired) electrons. The van der Waals surface area contributed by atoms with Crippen LogP contribution in [-0.4, -0.2) is 55.2 Å². The Morgan fingerprint density at radius 1 is 0.833 bits per heavy atom. The Morgan fingerprint density at radius 3 is 1.60 bits per heavy atom. The van der Waals surface area contributed by atoms with E-state index in [1.165, 1.54) is 0 Å². The third-order valence-electron chi connectivity index (χ3n) is 3.98. The molecule has 0 amide bonds. The molecular weight excluding hydrogens is 439 g/mol. The van der Waals surface area contributed by atoms with Crippen LogP contribution in [0.3, 0.4) is 0 Å². The van der Waals surface area contributed by atoms with Crippen LogP contribution in [0.1, 0.15) is 12.5 Å². The molecule has 13 heteroatoms. The fraction of sp³-hybridized carbons (Fsp3) is 0.529. The van der Waals surface area contributed by atoms with Gasteiger partial charge in [-0.05, 0) is 24.6 Å². The fourth-order valence-corrected chi connectivity index (χ4v) is 1.98. The topological polar surface area (TPSA) is 47.9 Å². The van der Waals surface area contributed by atoms with Crippen LogP contribution in [0.2, 0.25) is 0 Å². The van der Waals surface area contributed by atoms with Gasteiger partial charge in [-0.3, -0.25) is 0 Å². The van der Waals surface area contributed by atoms with Crippen LogP contribution in [0.5, 0.6) is 11.5 Å². The molecule has 1 N–H and O–H groups in total. The van der Waals surface area contributed by atoms with Gasteiger partial charge in [0.15, 0.2) is 5.60 Å². The Morgan fingerprint density at radius 2 is 1.27 bits per heavy atom. The zero-order valence-corrected chi connectivity index (χ0v) is 15.5. The van der Waals surface area contributed by atoms with Crippen LogP contribution in [0.4, 0.5) is 39.5 Å². The molecule has 0 aliphatic heterocycles. The van der Waals surface area contributed by atoms with Gasteiger partial charge in [0.05, 0.1) is 0 Å². The Labute approximate surface area is 164 Å². The SMILES string of the molecule is C=Cc1cc(OCC(OC)(C(F)(F)F)C(F)(F)F)cc(OC[C@@](C)(O)C(F)(F)F)c1. The number of rotatable bonds is 8. The monoisotopic (exact) mass is 456 g/mol. The zero-order chi connectivity index (χ0) is 23.6. The first-order valence-electron chi connectivity index (χ1n) is 7.91. The largest absolute Gasteiger partial charge is 0.490 e. The third-order valence-corrected chi connectivity index (χ3v) is 3.98. The lowest BCUT2D eigenvalue weighted by Gasteiger charge is -2.35. The highest BCUT2D eigenvalue weighted by atomic mass is 19.4. The highest BCUT2D eigenvalue weighted by Crippen LogP contribution is 2.46. The van der Waals surface area contributed by atoms with E-state index in [0.29, 0.717) is 6.92 Å². The van der Waals surface area contributed by atoms with Crippen molar-refractivity contribution in [3.63, 3.8) is 0 Å². The lowest BCUT2D eigenvalue weighted by molar-refractivity contribution is -0.380. The summed E-state index contributed by atoms with van der Waals surface area (Å²) in [5, 5.41) is 9.36. The first kappa shape index (κ1) is 25.9. The number of halogens is 9. The summed E-state index contributed by atoms with van der Waals surface area (Å²) in [4.78, 5) is 0. The van der Waals surface area contributed by atoms with E-state index in [1.54, 1.807) is 0 Å². The fourth-order valence-electron chi connectivity index (χ4n) is 1.98. The lowest BCUT2D eigenvalue weighted by atomic mass is 10.0. The van der Waals surface area contributed by atoms with Crippen LogP contribution < -0.4 is 9.47 Å². The minimum Gasteiger partial charge on any atom is -0.490 e. The minimum absolute atomic E-state index is 0.0520. The predicted molar refractivity (Wildman–Crippen MR) is 86.1 cm³/mol. The van der Waals surface area contributed by atoms with Gasteiger partial charge in [0.25, 0.3) is 5.60 Å². The van der Waals surface area contributed by atoms with Gasteiger partial charge in [-0.1, -0.05) is 12.7 Å². The third kappa shape index (κ3) is 5.50. The van der Waals surface area contributed by atoms with Crippen molar-refractivity contribution >= 4 is 6.08 Å². The Bertz CT molecular complexity index is 722. The predicted octanol–water partition coefficient (Wildman–Crippen LogP) is 4.91. The quantitative estimate of drug-likeness (QED) is 0.565. The summed E-state index contributed by atoms with van der Waals surface area (Å²) in [6.45, 7) is 0.425. The van der Waals surface area contributed by atoms with E-state index in [4.69, 9.17) is 4.74 Å². The van der Waals surface area contributed by atoms with Crippen molar-refractivity contribution in [2.75, 3.05) is 20.3 Å². The van der Waals surface area contributed by atoms with Gasteiger partial charge in [0.1, 0.15) is 24.7 Å². The first-order chi connectivity index (χ1) is 13.4. The second kappa shape index (κ2) is 8.53. The van der Waals surface area contributed by atoms with Gasteiger partial charge in [-0.15, -0.1) is 0 Å². The van der Waals surface area contributed by atoms with Crippen molar-refractivity contribution in [2.24, 2.45) is 0 Å². The van der Waals surface area contributed by atoms with E-state index in [1.807, 2.05) is 0 Å². The Kier molecular flexibility index (Phi) is 7.36. The van der Waals surface area contributed by atoms with E-state index < -0.39 is 54.4 Å². The van der Waals surface area contributed by atoms with Crippen molar-refractivity contribution in [1.82, 2.24) is 0 Å². The smallest absolute Gasteiger partial charge is 0.430 e. The second-order valence-electron chi connectivity index (χ2n) is 6.32. The molecule has 1 aromatic rings. The molecule has 0 fully saturated rings. The van der Waals surface area contributed by atoms with E-state index in [0.717, 1.165) is 24.3 Å². The summed E-state index contributed by atoms with van der Waals surface area (Å²) in [6, 6.07) is 2.82. The van der Waals surface area contributed by atoms with E-state index >= 15 is 0 Å². The van der Waals surface area contributed by atoms with Gasteiger partial charge in [0, 0.05) is 13.2 Å². The molecule has 1 aromatic carbocycles. The molecule has 0 aliphatic rings. The molecule has 0 spiro atoms. The molecule has 0 saturated heterocycles. The number of ether oxygens (including phenoxy) is 3. The first-order valence-corrected chi connectivity index (χ1v) is 7.91. The summed E-state index contributed by atoms with van der Waals surface area (Å²) in [5.74, 6) is -1.02. The Balaban J connectivity index is 3.16. The van der Waals surface area contributed by atoms with Crippen LogP contribution in [0.25, 0.3) is 6.08 Å². The number of benzene rings is 1. The summed E-state index contributed by atoms with van der Waals surface area (Å²) in [7, 11) is 0.207. The molecule has 4 nitrogen and oxygen atoms in total. The highest BCUT2D eigenvalue weighted by Gasteiger charge is 2.72. The standard InChI is InChI=1S/C17H17F9O4/c1-4-10-5-11(29-8-13(2,27)15(18,19)20)7-12(6-10)30-9-14(28-3,16(21,22)23)17(24,25)26/h4-7,27H,1,8-9H2,2-3H3/t13-/m1/s1. The summed E-state index contributed by atoms with van der Waals surface area (Å²) in [5.41, 5.74) is -7.86. The van der Waals surface area contributed by atoms with Crippen LogP contribution in [0.15, 0.2) is 24.8 Å². The van der Waals surface area contributed by atoms with Crippen molar-refractivity contribution in [3.8, 4) is 11.5 Å². The number of hydrogen-bond donors (Lipinski definition) is 1. The van der Waals surface area contributed by atoms with Gasteiger partial charge in [0.2, 0.25) is 0 Å². The van der Waals surface area contributed by atoms with Crippen LogP contribution >= 0.6 is 0 Å². The van der Waals surface area contributed by atoms with Crippen molar-refractivity contribution in [2.45, 2.75) is 36.7 Å². The number of hydrogen-bond acceptors (Lipinski definition) is 4. The van der Waals surface area contributed by atoms with E-state index in [2.05, 4.69) is 16.1 Å². The molecular formula is C17H17F9O4. The molecule has 0 heterocycles. The maximum Gasteiger partial charge on any atom is 0.430 e. The zero-order valence-electron chi connectivity index (χ0n) is 15.5. The normalized spacial score (nSPS) is 15.5. The summed E-state index contributed by atoms with van der Waals surface area (Å²) >= 11 is 0. The second-order valence-corrected chi connectivity index (χ2v) is 6.32. The Hall–Kier alpha value is -2.15.